The highest BCUT2D eigenvalue weighted by atomic mass is 32.2. The number of benzene rings is 1. The summed E-state index contributed by atoms with van der Waals surface area (Å²) in [5, 5.41) is 0. The second kappa shape index (κ2) is 5.28. The molecule has 1 aromatic rings. The van der Waals surface area contributed by atoms with Gasteiger partial charge in [0.2, 0.25) is 10.0 Å². The van der Waals surface area contributed by atoms with E-state index in [2.05, 4.69) is 0 Å². The normalized spacial score (nSPS) is 18.8. The van der Waals surface area contributed by atoms with Crippen molar-refractivity contribution in [1.29, 1.82) is 0 Å². The molecule has 5 heteroatoms. The molecular weight excluding hydrogens is 250 g/mol. The van der Waals surface area contributed by atoms with Gasteiger partial charge in [-0.15, -0.1) is 0 Å². The van der Waals surface area contributed by atoms with Crippen molar-refractivity contribution in [3.63, 3.8) is 0 Å². The topological polar surface area (TPSA) is 46.6 Å². The van der Waals surface area contributed by atoms with Crippen LogP contribution in [-0.4, -0.2) is 38.2 Å². The zero-order valence-corrected chi connectivity index (χ0v) is 11.6. The molecule has 0 unspecified atom stereocenters. The van der Waals surface area contributed by atoms with Crippen molar-refractivity contribution < 1.29 is 13.2 Å². The van der Waals surface area contributed by atoms with Gasteiger partial charge in [0.1, 0.15) is 11.9 Å². The number of rotatable bonds is 3. The molecule has 100 valence electrons. The van der Waals surface area contributed by atoms with E-state index in [1.165, 1.54) is 16.1 Å². The predicted octanol–water partition coefficient (Wildman–Crippen LogP) is 1.80. The van der Waals surface area contributed by atoms with Crippen molar-refractivity contribution >= 4 is 10.0 Å². The number of ether oxygens (including phenoxy) is 1. The molecule has 0 radical (unpaired) electrons. The Morgan fingerprint density at radius 1 is 1.28 bits per heavy atom. The third kappa shape index (κ3) is 3.46. The molecule has 1 saturated heterocycles. The maximum Gasteiger partial charge on any atom is 0.211 e. The lowest BCUT2D eigenvalue weighted by Crippen LogP contribution is -2.41. The first-order valence-electron chi connectivity index (χ1n) is 6.13. The Hall–Kier alpha value is -1.07. The summed E-state index contributed by atoms with van der Waals surface area (Å²) in [6.45, 7) is 3.13. The molecule has 0 aromatic heterocycles. The van der Waals surface area contributed by atoms with Crippen LogP contribution in [0.1, 0.15) is 18.4 Å². The van der Waals surface area contributed by atoms with Crippen LogP contribution in [0.3, 0.4) is 0 Å². The summed E-state index contributed by atoms with van der Waals surface area (Å²) in [5.41, 5.74) is 1.17. The van der Waals surface area contributed by atoms with Gasteiger partial charge in [-0.1, -0.05) is 12.1 Å². The summed E-state index contributed by atoms with van der Waals surface area (Å²) in [6, 6.07) is 7.94. The maximum atomic E-state index is 11.4. The number of nitrogens with zero attached hydrogens (tertiary/aromatic N) is 1. The third-order valence-corrected chi connectivity index (χ3v) is 4.47. The van der Waals surface area contributed by atoms with E-state index >= 15 is 0 Å². The average Bonchev–Trinajstić information content (AvgIpc) is 2.28. The van der Waals surface area contributed by atoms with Crippen molar-refractivity contribution in [2.75, 3.05) is 19.3 Å². The molecular formula is C13H19NO3S. The lowest BCUT2D eigenvalue weighted by Gasteiger charge is -2.30. The van der Waals surface area contributed by atoms with Gasteiger partial charge in [-0.25, -0.2) is 12.7 Å². The molecule has 0 atom stereocenters. The van der Waals surface area contributed by atoms with Crippen LogP contribution in [0.4, 0.5) is 0 Å². The van der Waals surface area contributed by atoms with Gasteiger partial charge in [0.05, 0.1) is 6.26 Å². The lowest BCUT2D eigenvalue weighted by atomic mass is 10.1. The summed E-state index contributed by atoms with van der Waals surface area (Å²) in [4.78, 5) is 0. The molecule has 18 heavy (non-hydrogen) atoms. The molecule has 1 aliphatic rings. The van der Waals surface area contributed by atoms with Gasteiger partial charge in [0, 0.05) is 13.1 Å². The quantitative estimate of drug-likeness (QED) is 0.840. The Kier molecular flexibility index (Phi) is 3.92. The van der Waals surface area contributed by atoms with E-state index in [9.17, 15) is 8.42 Å². The van der Waals surface area contributed by atoms with Gasteiger partial charge >= 0.3 is 0 Å². The van der Waals surface area contributed by atoms with E-state index in [4.69, 9.17) is 4.74 Å². The fraction of sp³-hybridized carbons (Fsp3) is 0.538. The fourth-order valence-corrected chi connectivity index (χ4v) is 3.04. The molecule has 1 fully saturated rings. The van der Waals surface area contributed by atoms with Crippen LogP contribution >= 0.6 is 0 Å². The van der Waals surface area contributed by atoms with Gasteiger partial charge < -0.3 is 4.74 Å². The predicted molar refractivity (Wildman–Crippen MR) is 71.2 cm³/mol. The van der Waals surface area contributed by atoms with Crippen molar-refractivity contribution in [2.24, 2.45) is 0 Å². The van der Waals surface area contributed by atoms with Crippen LogP contribution in [0.5, 0.6) is 5.75 Å². The van der Waals surface area contributed by atoms with Gasteiger partial charge in [0.25, 0.3) is 0 Å². The first-order chi connectivity index (χ1) is 8.45. The van der Waals surface area contributed by atoms with Crippen LogP contribution in [0.2, 0.25) is 0 Å². The maximum absolute atomic E-state index is 11.4. The molecule has 0 bridgehead atoms. The summed E-state index contributed by atoms with van der Waals surface area (Å²) >= 11 is 0. The van der Waals surface area contributed by atoms with Gasteiger partial charge in [-0.05, 0) is 37.5 Å². The van der Waals surface area contributed by atoms with Crippen molar-refractivity contribution in [1.82, 2.24) is 4.31 Å². The number of hydrogen-bond acceptors (Lipinski definition) is 3. The Morgan fingerprint density at radius 2 is 1.94 bits per heavy atom. The van der Waals surface area contributed by atoms with E-state index < -0.39 is 10.0 Å². The minimum atomic E-state index is -3.05. The van der Waals surface area contributed by atoms with Crippen molar-refractivity contribution in [3.05, 3.63) is 29.8 Å². The van der Waals surface area contributed by atoms with Crippen LogP contribution < -0.4 is 4.74 Å². The SMILES string of the molecule is Cc1cccc(OC2CCN(S(C)(=O)=O)CC2)c1. The van der Waals surface area contributed by atoms with Crippen LogP contribution in [-0.2, 0) is 10.0 Å². The number of sulfonamides is 1. The Bertz CT molecular complexity index is 505. The van der Waals surface area contributed by atoms with E-state index in [-0.39, 0.29) is 6.10 Å². The lowest BCUT2D eigenvalue weighted by molar-refractivity contribution is 0.135. The second-order valence-corrected chi connectivity index (χ2v) is 6.78. The summed E-state index contributed by atoms with van der Waals surface area (Å²) < 4.78 is 30.2. The Balaban J connectivity index is 1.91. The van der Waals surface area contributed by atoms with Gasteiger partial charge in [-0.3, -0.25) is 0 Å². The average molecular weight is 269 g/mol. The zero-order chi connectivity index (χ0) is 13.2. The second-order valence-electron chi connectivity index (χ2n) is 4.80. The number of piperidine rings is 1. The van der Waals surface area contributed by atoms with Crippen molar-refractivity contribution in [3.8, 4) is 5.75 Å². The molecule has 1 heterocycles. The highest BCUT2D eigenvalue weighted by Crippen LogP contribution is 2.20. The first-order valence-corrected chi connectivity index (χ1v) is 7.98. The summed E-state index contributed by atoms with van der Waals surface area (Å²) in [6.07, 6.45) is 2.88. The summed E-state index contributed by atoms with van der Waals surface area (Å²) in [7, 11) is -3.05. The van der Waals surface area contributed by atoms with Crippen LogP contribution in [0, 0.1) is 6.92 Å². The van der Waals surface area contributed by atoms with E-state index in [0.29, 0.717) is 13.1 Å². The third-order valence-electron chi connectivity index (χ3n) is 3.16. The number of hydrogen-bond donors (Lipinski definition) is 0. The fourth-order valence-electron chi connectivity index (χ4n) is 2.16. The molecule has 0 saturated carbocycles. The first kappa shape index (κ1) is 13.4. The van der Waals surface area contributed by atoms with Crippen LogP contribution in [0.25, 0.3) is 0 Å². The largest absolute Gasteiger partial charge is 0.490 e. The van der Waals surface area contributed by atoms with Crippen molar-refractivity contribution in [2.45, 2.75) is 25.9 Å². The highest BCUT2D eigenvalue weighted by Gasteiger charge is 2.25. The smallest absolute Gasteiger partial charge is 0.211 e. The molecule has 0 amide bonds. The molecule has 0 aliphatic carbocycles. The van der Waals surface area contributed by atoms with E-state index in [1.54, 1.807) is 0 Å². The molecule has 0 N–H and O–H groups in total. The molecule has 1 aliphatic heterocycles. The molecule has 2 rings (SSSR count). The highest BCUT2D eigenvalue weighted by molar-refractivity contribution is 7.88. The van der Waals surface area contributed by atoms with Crippen LogP contribution in [0.15, 0.2) is 24.3 Å². The minimum Gasteiger partial charge on any atom is -0.490 e. The standard InChI is InChI=1S/C13H19NO3S/c1-11-4-3-5-13(10-11)17-12-6-8-14(9-7-12)18(2,15)16/h3-5,10,12H,6-9H2,1-2H3. The Morgan fingerprint density at radius 3 is 2.50 bits per heavy atom. The molecule has 4 nitrogen and oxygen atoms in total. The van der Waals surface area contributed by atoms with E-state index in [0.717, 1.165) is 18.6 Å². The molecule has 1 aromatic carbocycles. The minimum absolute atomic E-state index is 0.116. The van der Waals surface area contributed by atoms with Gasteiger partial charge in [0.15, 0.2) is 0 Å². The Labute approximate surface area is 109 Å². The van der Waals surface area contributed by atoms with Gasteiger partial charge in [-0.2, -0.15) is 0 Å². The number of aryl methyl sites for hydroxylation is 1. The van der Waals surface area contributed by atoms with E-state index in [1.807, 2.05) is 31.2 Å². The zero-order valence-electron chi connectivity index (χ0n) is 10.8. The monoisotopic (exact) mass is 269 g/mol. The molecule has 0 spiro atoms. The summed E-state index contributed by atoms with van der Waals surface area (Å²) in [5.74, 6) is 0.868.